The van der Waals surface area contributed by atoms with E-state index in [1.165, 1.54) is 6.20 Å². The molecule has 35 heteroatoms. The standard InChI is InChI=1S/C30H32N4O5.C25H24N4O3.C23H20N4O3.C20H21N3O4.C10H13NO2.Na.H2O/c1-5-38-26(35)17-22-10-6-7-12-25(22)33-28(36)23-16-24(27-31-13-14-34(27)19-23)21-11-8-9-20(15-21)18-32-29(37)39-30(2,3)4;1-2-32-23(30)14-19-7-3-4-9-22(19)28-25(31)20-13-21(24-27-10-11-29(24)16-20)18-8-5-6-17(12-18)15-26;24-13-15-4-3-6-16(10-15)19-11-18(14-27-9-8-25-22(19)27)23(30)26-20-7-2-1-5-17(20)12-21(28)29;1-20(2,3)27-19(26)22-11-13-5-4-6-14(9-13)16-10-15(18(24)25)12-23-8-7-21-17(16)23;1-2-13-10(12)7-8-5-3-4-6-9(8)11;;/h6-16,19H,5,17-18H2,1-4H3,(H,32,37)(H,33,36);3-13,16H,2,14-15,26H2,1H3,(H,28,31);1-11,14H,12-13,24H2,(H,26,30)(H,28,29);4-10,12H,11H2,1-3H3,(H,22,26)(H,24,25);3-6H,2,7,11H2,1H3;;1H2/q;;;;;+1;/p-1. The molecule has 0 spiro atoms. The van der Waals surface area contributed by atoms with Crippen LogP contribution in [0.2, 0.25) is 0 Å². The van der Waals surface area contributed by atoms with Crippen molar-refractivity contribution in [2.45, 2.75) is 125 Å². The smallest absolute Gasteiger partial charge is 0.870 e. The average Bonchev–Trinajstić information content (AvgIpc) is 1.71. The third-order valence-electron chi connectivity index (χ3n) is 21.2. The molecule has 0 saturated heterocycles. The van der Waals surface area contributed by atoms with E-state index < -0.39 is 35.3 Å². The zero-order valence-electron chi connectivity index (χ0n) is 80.8. The van der Waals surface area contributed by atoms with Gasteiger partial charge in [0.25, 0.3) is 17.7 Å². The topological polar surface area (TPSA) is 495 Å². The molecule has 0 radical (unpaired) electrons. The van der Waals surface area contributed by atoms with E-state index in [9.17, 15) is 53.1 Å². The Morgan fingerprint density at radius 2 is 0.636 bits per heavy atom. The maximum atomic E-state index is 13.4. The first-order valence-electron chi connectivity index (χ1n) is 45.2. The van der Waals surface area contributed by atoms with Gasteiger partial charge in [0.15, 0.2) is 0 Å². The molecular weight excluding hydrogens is 1830 g/mol. The Balaban J connectivity index is 0.000000188. The Morgan fingerprint density at radius 3 is 0.937 bits per heavy atom. The van der Waals surface area contributed by atoms with Gasteiger partial charge in [-0.05, 0) is 202 Å². The number of aromatic nitrogens is 8. The first-order chi connectivity index (χ1) is 67.7. The number of amides is 5. The normalized spacial score (nSPS) is 10.8. The van der Waals surface area contributed by atoms with Crippen LogP contribution in [-0.2, 0) is 94.7 Å². The molecule has 16 rings (SSSR count). The van der Waals surface area contributed by atoms with Crippen molar-refractivity contribution in [1.29, 1.82) is 0 Å². The summed E-state index contributed by atoms with van der Waals surface area (Å²) in [6.07, 6.45) is 19.6. The molecule has 0 atom stereocenters. The number of anilines is 4. The molecule has 0 aliphatic carbocycles. The van der Waals surface area contributed by atoms with E-state index >= 15 is 0 Å². The third-order valence-corrected chi connectivity index (χ3v) is 21.2. The largest absolute Gasteiger partial charge is 1.00 e. The molecule has 732 valence electrons. The number of nitrogens with zero attached hydrogens (tertiary/aromatic N) is 8. The quantitative estimate of drug-likeness (QED) is 0.00942. The zero-order chi connectivity index (χ0) is 101. The predicted octanol–water partition coefficient (Wildman–Crippen LogP) is 14.5. The van der Waals surface area contributed by atoms with E-state index in [0.29, 0.717) is 112 Å². The molecule has 8 heterocycles. The minimum absolute atomic E-state index is 0. The molecule has 0 aliphatic rings. The second-order valence-electron chi connectivity index (χ2n) is 34.0. The van der Waals surface area contributed by atoms with Crippen molar-refractivity contribution in [3.05, 3.63) is 360 Å². The predicted molar refractivity (Wildman–Crippen MR) is 540 cm³/mol. The van der Waals surface area contributed by atoms with E-state index in [-0.39, 0.29) is 108 Å². The summed E-state index contributed by atoms with van der Waals surface area (Å²) < 4.78 is 32.6. The van der Waals surface area contributed by atoms with E-state index in [1.54, 1.807) is 202 Å². The van der Waals surface area contributed by atoms with Crippen LogP contribution >= 0.6 is 0 Å². The van der Waals surface area contributed by atoms with Gasteiger partial charge in [0.05, 0.1) is 67.8 Å². The molecule has 34 nitrogen and oxygen atoms in total. The minimum atomic E-state index is -1.01. The Hall–Kier alpha value is -16.5. The number of nitrogens with one attached hydrogen (secondary N) is 5. The minimum Gasteiger partial charge on any atom is -0.870 e. The molecule has 143 heavy (non-hydrogen) atoms. The molecule has 0 aliphatic heterocycles. The first-order valence-corrected chi connectivity index (χ1v) is 45.2. The number of alkyl carbamates (subject to hydrolysis) is 2. The molecule has 0 saturated carbocycles. The molecule has 14 N–H and O–H groups in total. The number of fused-ring (bicyclic) bond motifs is 4. The third kappa shape index (κ3) is 31.0. The summed E-state index contributed by atoms with van der Waals surface area (Å²) in [6.45, 7) is 18.6. The van der Waals surface area contributed by atoms with Crippen LogP contribution in [0, 0.1) is 0 Å². The summed E-state index contributed by atoms with van der Waals surface area (Å²) in [5, 5.41) is 32.6. The number of pyridine rings is 4. The molecular formula is C108H111N16NaO18. The van der Waals surface area contributed by atoms with Crippen molar-refractivity contribution in [2.75, 3.05) is 41.5 Å². The average molecular weight is 1940 g/mol. The number of nitrogens with two attached hydrogens (primary N) is 3. The fourth-order valence-corrected chi connectivity index (χ4v) is 14.8. The monoisotopic (exact) mass is 1940 g/mol. The molecule has 5 amide bonds. The fourth-order valence-electron chi connectivity index (χ4n) is 14.8. The second-order valence-corrected chi connectivity index (χ2v) is 34.0. The summed E-state index contributed by atoms with van der Waals surface area (Å²) >= 11 is 0. The van der Waals surface area contributed by atoms with E-state index in [2.05, 4.69) is 46.5 Å². The van der Waals surface area contributed by atoms with Gasteiger partial charge in [-0.2, -0.15) is 0 Å². The van der Waals surface area contributed by atoms with Crippen LogP contribution in [0.4, 0.5) is 32.3 Å². The van der Waals surface area contributed by atoms with Gasteiger partial charge in [0.2, 0.25) is 0 Å². The number of carbonyl (C=O) groups excluding carboxylic acids is 8. The molecule has 0 fully saturated rings. The maximum Gasteiger partial charge on any atom is 1.00 e. The van der Waals surface area contributed by atoms with Gasteiger partial charge in [-0.25, -0.2) is 34.3 Å². The summed E-state index contributed by atoms with van der Waals surface area (Å²) in [7, 11) is 0. The number of carbonyl (C=O) groups is 10. The number of carboxylic acid groups (broad SMARTS) is 2. The summed E-state index contributed by atoms with van der Waals surface area (Å²) in [6, 6.07) is 66.4. The fraction of sp³-hybridized carbons (Fsp3) is 0.204. The number of rotatable bonds is 28. The number of ether oxygens (including phenoxy) is 5. The van der Waals surface area contributed by atoms with Gasteiger partial charge in [0.1, 0.15) is 33.8 Å². The SMILES string of the molecule is CC(C)(C)OC(=O)NCc1cccc(-c2cc(C(=O)O)cn3ccnc23)c1.CCOC(=O)Cc1ccccc1N.CCOC(=O)Cc1ccccc1NC(=O)c1cc(-c2cccc(CN)c2)c2nccn2c1.CCOC(=O)Cc1ccccc1NC(=O)c1cc(-c2cccc(CNC(=O)OC(C)(C)C)c2)c2nccn2c1.NCc1cccc(-c2cc(C(=O)Nc3ccccc3CC(=O)O)cn3ccnc23)c1.[Na+].[OH-]. The number of aliphatic carboxylic acids is 1. The van der Waals surface area contributed by atoms with E-state index in [1.807, 2.05) is 165 Å². The van der Waals surface area contributed by atoms with Crippen molar-refractivity contribution in [3.63, 3.8) is 0 Å². The van der Waals surface area contributed by atoms with Gasteiger partial charge in [-0.3, -0.25) is 33.6 Å². The maximum absolute atomic E-state index is 13.4. The molecule has 0 bridgehead atoms. The van der Waals surface area contributed by atoms with Crippen LogP contribution in [0.25, 0.3) is 67.1 Å². The van der Waals surface area contributed by atoms with Crippen LogP contribution < -0.4 is 73.3 Å². The Morgan fingerprint density at radius 1 is 0.357 bits per heavy atom. The Labute approximate surface area is 847 Å². The number of hydrogen-bond acceptors (Lipinski definition) is 23. The van der Waals surface area contributed by atoms with E-state index in [4.69, 9.17) is 46.0 Å². The first kappa shape index (κ1) is 109. The number of benzene rings is 8. The second kappa shape index (κ2) is 51.4. The van der Waals surface area contributed by atoms with Crippen molar-refractivity contribution in [3.8, 4) is 44.5 Å². The number of hydrogen-bond donors (Lipinski definition) is 10. The van der Waals surface area contributed by atoms with Crippen LogP contribution in [0.15, 0.2) is 293 Å². The van der Waals surface area contributed by atoms with Crippen LogP contribution in [0.1, 0.15) is 148 Å². The molecule has 16 aromatic rings. The summed E-state index contributed by atoms with van der Waals surface area (Å²) in [5.74, 6) is -3.84. The van der Waals surface area contributed by atoms with Gasteiger partial charge >= 0.3 is 71.6 Å². The Bertz CT molecular complexity index is 7220. The summed E-state index contributed by atoms with van der Waals surface area (Å²) in [4.78, 5) is 139. The number of para-hydroxylation sites is 4. The zero-order valence-corrected chi connectivity index (χ0v) is 82.8. The molecule has 8 aromatic carbocycles. The molecule has 0 unspecified atom stereocenters. The van der Waals surface area contributed by atoms with E-state index in [0.717, 1.165) is 78.1 Å². The van der Waals surface area contributed by atoms with Crippen LogP contribution in [-0.4, -0.2) is 144 Å². The number of esters is 3. The van der Waals surface area contributed by atoms with Gasteiger partial charge < -0.3 is 101 Å². The van der Waals surface area contributed by atoms with Gasteiger partial charge in [-0.1, -0.05) is 146 Å². The number of carboxylic acids is 2. The Kier molecular flexibility index (Phi) is 39.0. The summed E-state index contributed by atoms with van der Waals surface area (Å²) in [5.41, 5.74) is 35.7. The van der Waals surface area contributed by atoms with Gasteiger partial charge in [-0.15, -0.1) is 0 Å². The van der Waals surface area contributed by atoms with Crippen molar-refractivity contribution in [2.24, 2.45) is 11.5 Å². The van der Waals surface area contributed by atoms with Crippen molar-refractivity contribution < 1.29 is 117 Å². The number of imidazole rings is 4. The van der Waals surface area contributed by atoms with Crippen molar-refractivity contribution in [1.82, 2.24) is 48.2 Å². The van der Waals surface area contributed by atoms with Gasteiger partial charge in [0, 0.05) is 146 Å². The number of nitrogen functional groups attached to an aromatic ring is 1. The number of aromatic carboxylic acids is 1. The van der Waals surface area contributed by atoms with Crippen molar-refractivity contribution >= 4 is 105 Å². The van der Waals surface area contributed by atoms with Crippen LogP contribution in [0.3, 0.4) is 0 Å². The molecule has 8 aromatic heterocycles. The van der Waals surface area contributed by atoms with Crippen LogP contribution in [0.5, 0.6) is 0 Å².